The standard InChI is InChI=1S/C22H22N6O2/c1-16-8-9-17(2)20(12-16)30-15-27-11-10-19(25-27)21(29)24-22-23-14-28(26-22)13-18-6-4-3-5-7-18/h3-12,14H,13,15H2,1-2H3,(H,24,26,29). The Morgan fingerprint density at radius 1 is 1.03 bits per heavy atom. The van der Waals surface area contributed by atoms with Gasteiger partial charge in [-0.05, 0) is 42.7 Å². The summed E-state index contributed by atoms with van der Waals surface area (Å²) >= 11 is 0. The highest BCUT2D eigenvalue weighted by Gasteiger charge is 2.13. The van der Waals surface area contributed by atoms with Gasteiger partial charge in [-0.3, -0.25) is 10.1 Å². The van der Waals surface area contributed by atoms with E-state index in [0.29, 0.717) is 6.54 Å². The van der Waals surface area contributed by atoms with Gasteiger partial charge in [-0.25, -0.2) is 14.3 Å². The van der Waals surface area contributed by atoms with Gasteiger partial charge in [0.25, 0.3) is 5.91 Å². The first kappa shape index (κ1) is 19.4. The molecular formula is C22H22N6O2. The van der Waals surface area contributed by atoms with E-state index >= 15 is 0 Å². The third kappa shape index (κ3) is 4.72. The van der Waals surface area contributed by atoms with Crippen LogP contribution >= 0.6 is 0 Å². The molecule has 0 aliphatic rings. The van der Waals surface area contributed by atoms with Crippen molar-refractivity contribution in [1.29, 1.82) is 0 Å². The zero-order valence-electron chi connectivity index (χ0n) is 16.8. The maximum atomic E-state index is 12.5. The molecule has 8 nitrogen and oxygen atoms in total. The minimum absolute atomic E-state index is 0.210. The second-order valence-electron chi connectivity index (χ2n) is 6.99. The second kappa shape index (κ2) is 8.60. The van der Waals surface area contributed by atoms with Crippen LogP contribution in [0, 0.1) is 13.8 Å². The number of aryl methyl sites for hydroxylation is 2. The molecular weight excluding hydrogens is 380 g/mol. The van der Waals surface area contributed by atoms with Crippen molar-refractivity contribution in [3.05, 3.63) is 89.5 Å². The first-order valence-electron chi connectivity index (χ1n) is 9.55. The summed E-state index contributed by atoms with van der Waals surface area (Å²) in [5.74, 6) is 0.653. The Balaban J connectivity index is 1.34. The van der Waals surface area contributed by atoms with Crippen LogP contribution in [0.3, 0.4) is 0 Å². The van der Waals surface area contributed by atoms with E-state index in [9.17, 15) is 4.79 Å². The molecule has 0 atom stereocenters. The van der Waals surface area contributed by atoms with Crippen molar-refractivity contribution < 1.29 is 9.53 Å². The van der Waals surface area contributed by atoms with Crippen LogP contribution in [0.5, 0.6) is 5.75 Å². The fourth-order valence-electron chi connectivity index (χ4n) is 2.92. The number of hydrogen-bond acceptors (Lipinski definition) is 5. The van der Waals surface area contributed by atoms with Crippen LogP contribution in [0.15, 0.2) is 67.1 Å². The van der Waals surface area contributed by atoms with Gasteiger partial charge in [-0.15, -0.1) is 5.10 Å². The van der Waals surface area contributed by atoms with Crippen molar-refractivity contribution in [3.63, 3.8) is 0 Å². The number of carbonyl (C=O) groups is 1. The van der Waals surface area contributed by atoms with Gasteiger partial charge in [0.2, 0.25) is 5.95 Å². The van der Waals surface area contributed by atoms with E-state index in [1.165, 1.54) is 0 Å². The van der Waals surface area contributed by atoms with E-state index in [4.69, 9.17) is 4.74 Å². The number of amides is 1. The van der Waals surface area contributed by atoms with Crippen molar-refractivity contribution in [1.82, 2.24) is 24.5 Å². The summed E-state index contributed by atoms with van der Waals surface area (Å²) in [7, 11) is 0. The van der Waals surface area contributed by atoms with Crippen LogP contribution in [0.4, 0.5) is 5.95 Å². The van der Waals surface area contributed by atoms with Gasteiger partial charge in [-0.2, -0.15) is 5.10 Å². The van der Waals surface area contributed by atoms with Gasteiger partial charge in [0.15, 0.2) is 12.4 Å². The van der Waals surface area contributed by atoms with Gasteiger partial charge in [0, 0.05) is 6.20 Å². The molecule has 30 heavy (non-hydrogen) atoms. The summed E-state index contributed by atoms with van der Waals surface area (Å²) in [6.45, 7) is 4.79. The fourth-order valence-corrected chi connectivity index (χ4v) is 2.92. The zero-order chi connectivity index (χ0) is 20.9. The number of anilines is 1. The summed E-state index contributed by atoms with van der Waals surface area (Å²) in [4.78, 5) is 16.6. The minimum atomic E-state index is -0.377. The van der Waals surface area contributed by atoms with Crippen molar-refractivity contribution >= 4 is 11.9 Å². The fraction of sp³-hybridized carbons (Fsp3) is 0.182. The molecule has 0 saturated heterocycles. The Kier molecular flexibility index (Phi) is 5.56. The number of benzene rings is 2. The molecule has 1 amide bonds. The monoisotopic (exact) mass is 402 g/mol. The first-order valence-corrected chi connectivity index (χ1v) is 9.55. The van der Waals surface area contributed by atoms with E-state index in [-0.39, 0.29) is 24.3 Å². The molecule has 0 spiro atoms. The molecule has 8 heteroatoms. The quantitative estimate of drug-likeness (QED) is 0.512. The average Bonchev–Trinajstić information content (AvgIpc) is 3.39. The van der Waals surface area contributed by atoms with Gasteiger partial charge in [0.05, 0.1) is 6.54 Å². The number of nitrogens with one attached hydrogen (secondary N) is 1. The van der Waals surface area contributed by atoms with E-state index in [0.717, 1.165) is 22.4 Å². The highest BCUT2D eigenvalue weighted by molar-refractivity contribution is 6.01. The summed E-state index contributed by atoms with van der Waals surface area (Å²) in [5.41, 5.74) is 3.53. The Morgan fingerprint density at radius 3 is 2.70 bits per heavy atom. The lowest BCUT2D eigenvalue weighted by Gasteiger charge is -2.09. The van der Waals surface area contributed by atoms with E-state index in [1.54, 1.807) is 28.0 Å². The summed E-state index contributed by atoms with van der Waals surface area (Å²) in [6.07, 6.45) is 3.28. The molecule has 0 bridgehead atoms. The third-order valence-corrected chi connectivity index (χ3v) is 4.52. The lowest BCUT2D eigenvalue weighted by atomic mass is 10.1. The molecule has 152 valence electrons. The topological polar surface area (TPSA) is 86.9 Å². The van der Waals surface area contributed by atoms with E-state index in [2.05, 4.69) is 20.5 Å². The predicted octanol–water partition coefficient (Wildman–Crippen LogP) is 3.43. The van der Waals surface area contributed by atoms with Gasteiger partial charge < -0.3 is 4.74 Å². The maximum Gasteiger partial charge on any atom is 0.278 e. The average molecular weight is 402 g/mol. The number of aromatic nitrogens is 5. The van der Waals surface area contributed by atoms with Crippen molar-refractivity contribution in [2.45, 2.75) is 27.1 Å². The van der Waals surface area contributed by atoms with Crippen LogP contribution in [0.1, 0.15) is 27.2 Å². The Morgan fingerprint density at radius 2 is 1.87 bits per heavy atom. The number of rotatable bonds is 7. The van der Waals surface area contributed by atoms with Crippen molar-refractivity contribution in [2.24, 2.45) is 0 Å². The number of hydrogen-bond donors (Lipinski definition) is 1. The first-order chi connectivity index (χ1) is 14.6. The minimum Gasteiger partial charge on any atom is -0.471 e. The smallest absolute Gasteiger partial charge is 0.278 e. The lowest BCUT2D eigenvalue weighted by Crippen LogP contribution is -2.15. The zero-order valence-corrected chi connectivity index (χ0v) is 16.8. The van der Waals surface area contributed by atoms with Crippen LogP contribution in [-0.2, 0) is 13.3 Å². The Labute approximate surface area is 174 Å². The highest BCUT2D eigenvalue weighted by Crippen LogP contribution is 2.19. The van der Waals surface area contributed by atoms with E-state index in [1.807, 2.05) is 62.4 Å². The molecule has 2 heterocycles. The molecule has 1 N–H and O–H groups in total. The molecule has 0 fully saturated rings. The Hall–Kier alpha value is -3.94. The number of nitrogens with zero attached hydrogens (tertiary/aromatic N) is 5. The molecule has 0 unspecified atom stereocenters. The predicted molar refractivity (Wildman–Crippen MR) is 112 cm³/mol. The van der Waals surface area contributed by atoms with Gasteiger partial charge in [0.1, 0.15) is 12.1 Å². The molecule has 0 radical (unpaired) electrons. The molecule has 2 aromatic heterocycles. The van der Waals surface area contributed by atoms with Crippen LogP contribution in [0.2, 0.25) is 0 Å². The van der Waals surface area contributed by atoms with Crippen LogP contribution < -0.4 is 10.1 Å². The Bertz CT molecular complexity index is 1150. The normalized spacial score (nSPS) is 10.7. The molecule has 0 aliphatic carbocycles. The second-order valence-corrected chi connectivity index (χ2v) is 6.99. The summed E-state index contributed by atoms with van der Waals surface area (Å²) in [5, 5.41) is 11.2. The van der Waals surface area contributed by atoms with Crippen molar-refractivity contribution in [3.8, 4) is 5.75 Å². The number of carbonyl (C=O) groups excluding carboxylic acids is 1. The van der Waals surface area contributed by atoms with Crippen molar-refractivity contribution in [2.75, 3.05) is 5.32 Å². The van der Waals surface area contributed by atoms with Gasteiger partial charge in [-0.1, -0.05) is 42.5 Å². The highest BCUT2D eigenvalue weighted by atomic mass is 16.5. The van der Waals surface area contributed by atoms with Crippen LogP contribution in [-0.4, -0.2) is 30.5 Å². The SMILES string of the molecule is Cc1ccc(C)c(OCn2ccc(C(=O)Nc3ncn(Cc4ccccc4)n3)n2)c1. The van der Waals surface area contributed by atoms with Crippen LogP contribution in [0.25, 0.3) is 0 Å². The molecule has 4 rings (SSSR count). The summed E-state index contributed by atoms with van der Waals surface area (Å²) in [6, 6.07) is 17.6. The number of ether oxygens (including phenoxy) is 1. The molecule has 2 aromatic carbocycles. The molecule has 0 aliphatic heterocycles. The summed E-state index contributed by atoms with van der Waals surface area (Å²) < 4.78 is 9.05. The van der Waals surface area contributed by atoms with E-state index < -0.39 is 0 Å². The molecule has 0 saturated carbocycles. The maximum absolute atomic E-state index is 12.5. The lowest BCUT2D eigenvalue weighted by molar-refractivity contribution is 0.101. The van der Waals surface area contributed by atoms with Gasteiger partial charge >= 0.3 is 0 Å². The third-order valence-electron chi connectivity index (χ3n) is 4.52. The largest absolute Gasteiger partial charge is 0.471 e. The molecule has 4 aromatic rings.